The number of amides is 2. The van der Waals surface area contributed by atoms with Gasteiger partial charge < -0.3 is 10.2 Å². The fourth-order valence-corrected chi connectivity index (χ4v) is 7.07. The quantitative estimate of drug-likeness (QED) is 0.445. The second-order valence-electron chi connectivity index (χ2n) is 10.4. The van der Waals surface area contributed by atoms with Crippen molar-refractivity contribution >= 4 is 38.7 Å². The van der Waals surface area contributed by atoms with Crippen LogP contribution < -0.4 is 5.32 Å². The summed E-state index contributed by atoms with van der Waals surface area (Å²) in [4.78, 5) is 54.0. The van der Waals surface area contributed by atoms with Crippen LogP contribution in [0.1, 0.15) is 42.7 Å². The van der Waals surface area contributed by atoms with Crippen LogP contribution in [0, 0.1) is 5.92 Å². The lowest BCUT2D eigenvalue weighted by molar-refractivity contribution is -0.138. The molecule has 5 rings (SSSR count). The largest absolute Gasteiger partial charge is 0.339 e. The second kappa shape index (κ2) is 10.8. The predicted molar refractivity (Wildman–Crippen MR) is 143 cm³/mol. The smallest absolute Gasteiger partial charge is 0.272 e. The van der Waals surface area contributed by atoms with Gasteiger partial charge in [-0.3, -0.25) is 24.4 Å². The Morgan fingerprint density at radius 2 is 1.87 bits per heavy atom. The lowest BCUT2D eigenvalue weighted by atomic mass is 10.0. The first-order valence-electron chi connectivity index (χ1n) is 12.9. The third-order valence-corrected chi connectivity index (χ3v) is 8.89. The van der Waals surface area contributed by atoms with Gasteiger partial charge in [0.1, 0.15) is 17.8 Å². The monoisotopic (exact) mass is 550 g/mol. The molecule has 1 N–H and O–H groups in total. The normalized spacial score (nSPS) is 20.4. The Morgan fingerprint density at radius 1 is 1.10 bits per heavy atom. The van der Waals surface area contributed by atoms with E-state index in [1.165, 1.54) is 21.6 Å². The molecular formula is C27H30N6O5S. The van der Waals surface area contributed by atoms with E-state index in [4.69, 9.17) is 0 Å². The summed E-state index contributed by atoms with van der Waals surface area (Å²) in [6.45, 7) is 3.81. The molecule has 2 aromatic heterocycles. The first kappa shape index (κ1) is 26.8. The van der Waals surface area contributed by atoms with Crippen molar-refractivity contribution in [2.75, 3.05) is 13.1 Å². The van der Waals surface area contributed by atoms with Crippen LogP contribution in [0.3, 0.4) is 0 Å². The van der Waals surface area contributed by atoms with Gasteiger partial charge in [-0.2, -0.15) is 4.31 Å². The number of fused-ring (bicyclic) bond motifs is 2. The molecule has 3 atom stereocenters. The van der Waals surface area contributed by atoms with Gasteiger partial charge in [0.15, 0.2) is 5.78 Å². The second-order valence-corrected chi connectivity index (χ2v) is 12.3. The van der Waals surface area contributed by atoms with Crippen LogP contribution in [0.25, 0.3) is 11.0 Å². The number of carbonyl (C=O) groups excluding carboxylic acids is 3. The first-order chi connectivity index (χ1) is 18.6. The van der Waals surface area contributed by atoms with Crippen LogP contribution in [0.5, 0.6) is 0 Å². The highest BCUT2D eigenvalue weighted by Gasteiger charge is 2.54. The molecule has 39 heavy (non-hydrogen) atoms. The molecule has 2 amide bonds. The number of pyridine rings is 1. The molecule has 11 nitrogen and oxygen atoms in total. The number of carbonyl (C=O) groups is 3. The van der Waals surface area contributed by atoms with E-state index in [1.54, 1.807) is 36.5 Å². The van der Waals surface area contributed by atoms with Crippen LogP contribution in [0.15, 0.2) is 55.0 Å². The number of para-hydroxylation sites is 2. The number of likely N-dealkylation sites (tertiary alicyclic amines) is 1. The van der Waals surface area contributed by atoms with Crippen LogP contribution in [-0.2, 0) is 25.4 Å². The zero-order chi connectivity index (χ0) is 27.7. The van der Waals surface area contributed by atoms with Gasteiger partial charge in [-0.25, -0.2) is 13.4 Å². The van der Waals surface area contributed by atoms with Crippen molar-refractivity contribution in [3.05, 3.63) is 66.2 Å². The molecule has 1 aromatic carbocycles. The zero-order valence-electron chi connectivity index (χ0n) is 21.7. The molecule has 0 radical (unpaired) electrons. The van der Waals surface area contributed by atoms with Gasteiger partial charge in [-0.1, -0.05) is 32.0 Å². The fourth-order valence-electron chi connectivity index (χ4n) is 5.35. The molecule has 3 unspecified atom stereocenters. The van der Waals surface area contributed by atoms with Gasteiger partial charge in [0.05, 0.1) is 35.6 Å². The summed E-state index contributed by atoms with van der Waals surface area (Å²) in [5.41, 5.74) is 1.81. The number of hydrogen-bond donors (Lipinski definition) is 1. The average molecular weight is 551 g/mol. The fraction of sp³-hybridized carbons (Fsp3) is 0.407. The lowest BCUT2D eigenvalue weighted by Gasteiger charge is -2.29. The maximum atomic E-state index is 13.7. The zero-order valence-corrected chi connectivity index (χ0v) is 22.5. The molecule has 2 saturated heterocycles. The standard InChI is InChI=1S/C27H30N6O5S/c1-17(2)12-21(31-26(35)22-14-29-19-7-3-4-8-20(19)30-22)27(36)32-11-9-23-25(32)24(34)15-33(23)39(37,38)16-18-6-5-10-28-13-18/h3-8,10,13-14,17,21,23,25H,9,11-12,15-16H2,1-2H3,(H,31,35). The number of sulfonamides is 1. The van der Waals surface area contributed by atoms with E-state index in [2.05, 4.69) is 20.3 Å². The van der Waals surface area contributed by atoms with Crippen molar-refractivity contribution in [1.29, 1.82) is 0 Å². The molecule has 0 bridgehead atoms. The Hall–Kier alpha value is -3.77. The van der Waals surface area contributed by atoms with Crippen molar-refractivity contribution in [2.24, 2.45) is 5.92 Å². The number of ketones is 1. The maximum Gasteiger partial charge on any atom is 0.272 e. The summed E-state index contributed by atoms with van der Waals surface area (Å²) in [7, 11) is -3.81. The number of nitrogens with zero attached hydrogens (tertiary/aromatic N) is 5. The van der Waals surface area contributed by atoms with Crippen molar-refractivity contribution in [1.82, 2.24) is 29.5 Å². The topological polar surface area (TPSA) is 143 Å². The van der Waals surface area contributed by atoms with E-state index in [1.807, 2.05) is 19.9 Å². The van der Waals surface area contributed by atoms with Gasteiger partial charge in [-0.15, -0.1) is 0 Å². The summed E-state index contributed by atoms with van der Waals surface area (Å²) in [6.07, 6.45) is 5.09. The van der Waals surface area contributed by atoms with E-state index >= 15 is 0 Å². The number of Topliss-reactive ketones (excluding diaryl/α,β-unsaturated/α-hetero) is 1. The number of hydrogen-bond acceptors (Lipinski definition) is 8. The van der Waals surface area contributed by atoms with Crippen molar-refractivity contribution in [3.8, 4) is 0 Å². The average Bonchev–Trinajstić information content (AvgIpc) is 3.49. The van der Waals surface area contributed by atoms with Gasteiger partial charge in [0.25, 0.3) is 5.91 Å². The number of nitrogens with one attached hydrogen (secondary N) is 1. The Bertz CT molecular complexity index is 1510. The Balaban J connectivity index is 1.33. The van der Waals surface area contributed by atoms with Crippen LogP contribution >= 0.6 is 0 Å². The molecule has 2 aliphatic heterocycles. The molecule has 0 aliphatic carbocycles. The van der Waals surface area contributed by atoms with E-state index in [-0.39, 0.29) is 36.2 Å². The van der Waals surface area contributed by atoms with E-state index < -0.39 is 40.0 Å². The Labute approximate surface area is 226 Å². The highest BCUT2D eigenvalue weighted by Crippen LogP contribution is 2.33. The summed E-state index contributed by atoms with van der Waals surface area (Å²) in [6, 6.07) is 8.07. The molecule has 3 aromatic rings. The van der Waals surface area contributed by atoms with Crippen molar-refractivity contribution in [2.45, 2.75) is 50.6 Å². The molecule has 204 valence electrons. The third kappa shape index (κ3) is 5.52. The summed E-state index contributed by atoms with van der Waals surface area (Å²) >= 11 is 0. The van der Waals surface area contributed by atoms with Crippen LogP contribution in [-0.4, -0.2) is 81.4 Å². The third-order valence-electron chi connectivity index (χ3n) is 7.08. The molecule has 4 heterocycles. The van der Waals surface area contributed by atoms with Gasteiger partial charge in [0.2, 0.25) is 15.9 Å². The number of rotatable bonds is 8. The van der Waals surface area contributed by atoms with Gasteiger partial charge in [0, 0.05) is 18.9 Å². The molecular weight excluding hydrogens is 520 g/mol. The summed E-state index contributed by atoms with van der Waals surface area (Å²) < 4.78 is 27.7. The predicted octanol–water partition coefficient (Wildman–Crippen LogP) is 1.55. The first-order valence-corrected chi connectivity index (χ1v) is 14.5. The molecule has 0 spiro atoms. The van der Waals surface area contributed by atoms with Crippen LogP contribution in [0.2, 0.25) is 0 Å². The lowest BCUT2D eigenvalue weighted by Crippen LogP contribution is -2.53. The van der Waals surface area contributed by atoms with Crippen LogP contribution in [0.4, 0.5) is 0 Å². The maximum absolute atomic E-state index is 13.7. The molecule has 12 heteroatoms. The van der Waals surface area contributed by atoms with Gasteiger partial charge in [-0.05, 0) is 42.5 Å². The minimum absolute atomic E-state index is 0.0657. The highest BCUT2D eigenvalue weighted by molar-refractivity contribution is 7.88. The van der Waals surface area contributed by atoms with E-state index in [0.29, 0.717) is 29.4 Å². The number of aromatic nitrogens is 3. The number of benzene rings is 1. The highest BCUT2D eigenvalue weighted by atomic mass is 32.2. The van der Waals surface area contributed by atoms with E-state index in [0.717, 1.165) is 0 Å². The molecule has 0 saturated carbocycles. The molecule has 2 aliphatic rings. The molecule has 2 fully saturated rings. The summed E-state index contributed by atoms with van der Waals surface area (Å²) in [5, 5.41) is 2.79. The van der Waals surface area contributed by atoms with E-state index in [9.17, 15) is 22.8 Å². The van der Waals surface area contributed by atoms with Crippen molar-refractivity contribution in [3.63, 3.8) is 0 Å². The van der Waals surface area contributed by atoms with Crippen molar-refractivity contribution < 1.29 is 22.8 Å². The van der Waals surface area contributed by atoms with Gasteiger partial charge >= 0.3 is 0 Å². The minimum atomic E-state index is -3.81. The Morgan fingerprint density at radius 3 is 2.59 bits per heavy atom. The minimum Gasteiger partial charge on any atom is -0.339 e. The Kier molecular flexibility index (Phi) is 7.41. The SMILES string of the molecule is CC(C)CC(NC(=O)c1cnc2ccccc2n1)C(=O)N1CCC2C1C(=O)CN2S(=O)(=O)Cc1cccnc1. The summed E-state index contributed by atoms with van der Waals surface area (Å²) in [5.74, 6) is -1.48.